The highest BCUT2D eigenvalue weighted by molar-refractivity contribution is 7.21. The molecule has 0 unspecified atom stereocenters. The van der Waals surface area contributed by atoms with Gasteiger partial charge in [-0.05, 0) is 73.8 Å². The highest BCUT2D eigenvalue weighted by atomic mass is 28.3. The molecule has 4 heteroatoms. The van der Waals surface area contributed by atoms with Crippen molar-refractivity contribution in [3.8, 4) is 28.3 Å². The van der Waals surface area contributed by atoms with Gasteiger partial charge in [0.1, 0.15) is 0 Å². The van der Waals surface area contributed by atoms with Gasteiger partial charge in [0, 0.05) is 35.0 Å². The average molecular weight is 604 g/mol. The molecule has 0 fully saturated rings. The van der Waals surface area contributed by atoms with Gasteiger partial charge in [0.15, 0.2) is 8.07 Å². The Hall–Kier alpha value is -6.02. The normalized spacial score (nSPS) is 12.9. The van der Waals surface area contributed by atoms with Crippen molar-refractivity contribution in [2.24, 2.45) is 0 Å². The number of rotatable bonds is 5. The zero-order valence-electron chi connectivity index (χ0n) is 25.1. The molecule has 0 atom stereocenters. The maximum absolute atomic E-state index is 9.71. The molecule has 0 aliphatic carbocycles. The maximum Gasteiger partial charge on any atom is 0.184 e. The molecule has 1 aliphatic rings. The van der Waals surface area contributed by atoms with Gasteiger partial charge in [-0.2, -0.15) is 5.26 Å². The van der Waals surface area contributed by atoms with E-state index in [0.29, 0.717) is 5.56 Å². The minimum atomic E-state index is -2.66. The van der Waals surface area contributed by atoms with E-state index in [9.17, 15) is 5.26 Å². The van der Waals surface area contributed by atoms with Gasteiger partial charge < -0.3 is 4.90 Å². The van der Waals surface area contributed by atoms with Crippen LogP contribution in [0, 0.1) is 11.3 Å². The summed E-state index contributed by atoms with van der Waals surface area (Å²) < 4.78 is 0. The van der Waals surface area contributed by atoms with E-state index in [1.165, 1.54) is 32.1 Å². The number of fused-ring (bicyclic) bond motifs is 2. The van der Waals surface area contributed by atoms with Crippen LogP contribution in [-0.2, 0) is 0 Å². The van der Waals surface area contributed by atoms with Crippen LogP contribution in [0.5, 0.6) is 0 Å². The van der Waals surface area contributed by atoms with E-state index in [2.05, 4.69) is 168 Å². The summed E-state index contributed by atoms with van der Waals surface area (Å²) in [6.45, 7) is 0. The number of hydrogen-bond donors (Lipinski definition) is 0. The van der Waals surface area contributed by atoms with E-state index < -0.39 is 8.07 Å². The third-order valence-corrected chi connectivity index (χ3v) is 13.9. The third-order valence-electron chi connectivity index (χ3n) is 9.06. The Bertz CT molecular complexity index is 2150. The highest BCUT2D eigenvalue weighted by Gasteiger charge is 2.48. The smallest absolute Gasteiger partial charge is 0.184 e. The van der Waals surface area contributed by atoms with Gasteiger partial charge in [0.25, 0.3) is 0 Å². The second-order valence-corrected chi connectivity index (χ2v) is 15.2. The predicted octanol–water partition coefficient (Wildman–Crippen LogP) is 7.45. The number of nitrogens with zero attached hydrogens (tertiary/aromatic N) is 3. The summed E-state index contributed by atoms with van der Waals surface area (Å²) in [6.07, 6.45) is 3.43. The minimum absolute atomic E-state index is 0.618. The molecule has 216 valence electrons. The standard InChI is InChI=1S/C42H29N3Si/c43-29-34-25-26-44-30-38(34)33-15-11-13-31(27-33)32-14-12-16-35(28-32)45-39-21-7-9-23-41(39)46(36-17-3-1-4-18-36,37-19-5-2-6-20-37)42-24-10-8-22-40(42)45/h1-28,30H. The SMILES string of the molecule is N#Cc1ccncc1-c1cccc(-c2cccc(N3c4ccccc4[Si](c4ccccc4)(c4ccccc4)c4ccccc43)c2)c1. The lowest BCUT2D eigenvalue weighted by Gasteiger charge is -2.45. The van der Waals surface area contributed by atoms with E-state index in [-0.39, 0.29) is 0 Å². The van der Waals surface area contributed by atoms with Crippen molar-refractivity contribution in [3.05, 3.63) is 182 Å². The van der Waals surface area contributed by atoms with Crippen LogP contribution in [0.4, 0.5) is 17.1 Å². The van der Waals surface area contributed by atoms with Gasteiger partial charge in [-0.1, -0.05) is 127 Å². The fraction of sp³-hybridized carbons (Fsp3) is 0. The molecule has 0 amide bonds. The van der Waals surface area contributed by atoms with Crippen LogP contribution in [0.15, 0.2) is 176 Å². The van der Waals surface area contributed by atoms with Crippen LogP contribution in [0.1, 0.15) is 5.56 Å². The second-order valence-electron chi connectivity index (χ2n) is 11.5. The van der Waals surface area contributed by atoms with Crippen LogP contribution >= 0.6 is 0 Å². The van der Waals surface area contributed by atoms with Gasteiger partial charge in [-0.15, -0.1) is 0 Å². The first kappa shape index (κ1) is 27.5. The van der Waals surface area contributed by atoms with Crippen LogP contribution in [-0.4, -0.2) is 13.1 Å². The third kappa shape index (κ3) is 4.37. The van der Waals surface area contributed by atoms with Crippen molar-refractivity contribution in [3.63, 3.8) is 0 Å². The number of pyridine rings is 1. The largest absolute Gasteiger partial charge is 0.311 e. The Morgan fingerprint density at radius 1 is 0.522 bits per heavy atom. The van der Waals surface area contributed by atoms with Crippen LogP contribution in [0.2, 0.25) is 0 Å². The summed E-state index contributed by atoms with van der Waals surface area (Å²) in [6, 6.07) is 61.3. The molecule has 1 aliphatic heterocycles. The number of para-hydroxylation sites is 2. The zero-order valence-corrected chi connectivity index (χ0v) is 26.1. The van der Waals surface area contributed by atoms with E-state index >= 15 is 0 Å². The van der Waals surface area contributed by atoms with E-state index in [0.717, 1.165) is 27.9 Å². The molecule has 0 N–H and O–H groups in total. The Morgan fingerprint density at radius 2 is 1.07 bits per heavy atom. The molecule has 7 aromatic rings. The number of hydrogen-bond acceptors (Lipinski definition) is 3. The van der Waals surface area contributed by atoms with Crippen molar-refractivity contribution < 1.29 is 0 Å². The lowest BCUT2D eigenvalue weighted by Crippen LogP contribution is -2.77. The van der Waals surface area contributed by atoms with Crippen LogP contribution in [0.25, 0.3) is 22.3 Å². The van der Waals surface area contributed by atoms with Gasteiger partial charge >= 0.3 is 0 Å². The monoisotopic (exact) mass is 603 g/mol. The van der Waals surface area contributed by atoms with Crippen LogP contribution < -0.4 is 25.6 Å². The number of aromatic nitrogens is 1. The van der Waals surface area contributed by atoms with Crippen LogP contribution in [0.3, 0.4) is 0 Å². The summed E-state index contributed by atoms with van der Waals surface area (Å²) in [5, 5.41) is 15.2. The quantitative estimate of drug-likeness (QED) is 0.192. The fourth-order valence-corrected chi connectivity index (χ4v) is 12.2. The Labute approximate surface area is 270 Å². The lowest BCUT2D eigenvalue weighted by molar-refractivity contribution is 1.29. The van der Waals surface area contributed by atoms with Gasteiger partial charge in [0.2, 0.25) is 0 Å². The second kappa shape index (κ2) is 11.5. The molecule has 46 heavy (non-hydrogen) atoms. The molecule has 0 saturated heterocycles. The first-order valence-electron chi connectivity index (χ1n) is 15.4. The molecule has 1 aromatic heterocycles. The summed E-state index contributed by atoms with van der Waals surface area (Å²) in [5.74, 6) is 0. The van der Waals surface area contributed by atoms with Gasteiger partial charge in [-0.25, -0.2) is 0 Å². The van der Waals surface area contributed by atoms with E-state index in [1.807, 2.05) is 6.07 Å². The molecule has 0 spiro atoms. The predicted molar refractivity (Wildman–Crippen MR) is 192 cm³/mol. The highest BCUT2D eigenvalue weighted by Crippen LogP contribution is 2.40. The molecular weight excluding hydrogens is 575 g/mol. The summed E-state index contributed by atoms with van der Waals surface area (Å²) in [7, 11) is -2.66. The fourth-order valence-electron chi connectivity index (χ4n) is 7.10. The van der Waals surface area contributed by atoms with E-state index in [1.54, 1.807) is 18.5 Å². The molecule has 0 bridgehead atoms. The van der Waals surface area contributed by atoms with Gasteiger partial charge in [0.05, 0.1) is 11.6 Å². The molecule has 0 radical (unpaired) electrons. The maximum atomic E-state index is 9.71. The van der Waals surface area contributed by atoms with Crippen molar-refractivity contribution >= 4 is 45.9 Å². The molecule has 3 nitrogen and oxygen atoms in total. The summed E-state index contributed by atoms with van der Waals surface area (Å²) >= 11 is 0. The Balaban J connectivity index is 1.33. The number of benzene rings is 6. The molecule has 8 rings (SSSR count). The first-order valence-corrected chi connectivity index (χ1v) is 17.4. The lowest BCUT2D eigenvalue weighted by atomic mass is 9.97. The summed E-state index contributed by atoms with van der Waals surface area (Å²) in [4.78, 5) is 6.73. The zero-order chi connectivity index (χ0) is 30.9. The summed E-state index contributed by atoms with van der Waals surface area (Å²) in [5.41, 5.74) is 8.14. The van der Waals surface area contributed by atoms with Crippen molar-refractivity contribution in [1.82, 2.24) is 4.98 Å². The van der Waals surface area contributed by atoms with Crippen molar-refractivity contribution in [1.29, 1.82) is 5.26 Å². The topological polar surface area (TPSA) is 39.9 Å². The molecular formula is C42H29N3Si. The molecule has 2 heterocycles. The Kier molecular flexibility index (Phi) is 6.87. The van der Waals surface area contributed by atoms with Gasteiger partial charge in [-0.3, -0.25) is 4.98 Å². The molecule has 0 saturated carbocycles. The first-order chi connectivity index (χ1) is 22.8. The number of nitriles is 1. The average Bonchev–Trinajstić information content (AvgIpc) is 3.14. The van der Waals surface area contributed by atoms with Crippen molar-refractivity contribution in [2.45, 2.75) is 0 Å². The van der Waals surface area contributed by atoms with Crippen molar-refractivity contribution in [2.75, 3.05) is 4.90 Å². The van der Waals surface area contributed by atoms with E-state index in [4.69, 9.17) is 0 Å². The number of anilines is 3. The minimum Gasteiger partial charge on any atom is -0.311 e. The molecule has 6 aromatic carbocycles. The Morgan fingerprint density at radius 3 is 1.70 bits per heavy atom.